The van der Waals surface area contributed by atoms with Crippen molar-refractivity contribution in [2.45, 2.75) is 6.61 Å². The van der Waals surface area contributed by atoms with Gasteiger partial charge in [0.1, 0.15) is 10.8 Å². The topological polar surface area (TPSA) is 47.9 Å². The Hall–Kier alpha value is -1.56. The quantitative estimate of drug-likeness (QED) is 0.652. The lowest BCUT2D eigenvalue weighted by atomic mass is 10.2. The lowest BCUT2D eigenvalue weighted by molar-refractivity contribution is 0.181. The highest BCUT2D eigenvalue weighted by molar-refractivity contribution is 9.10. The van der Waals surface area contributed by atoms with E-state index in [1.807, 2.05) is 30.3 Å². The van der Waals surface area contributed by atoms with Crippen molar-refractivity contribution in [3.63, 3.8) is 0 Å². The number of halogens is 2. The molecule has 106 valence electrons. The highest BCUT2D eigenvalue weighted by atomic mass is 79.9. The molecule has 0 aliphatic rings. The van der Waals surface area contributed by atoms with Gasteiger partial charge in [-0.1, -0.05) is 29.8 Å². The standard InChI is InChI=1S/C15H11BrClN3O/c1-21-8-10-7-13(17)20-15(18-10)14-11(16)6-9-4-2-3-5-12(9)19-14/h2-7H,8H2,1H3. The Morgan fingerprint density at radius 3 is 2.76 bits per heavy atom. The lowest BCUT2D eigenvalue weighted by Gasteiger charge is -2.07. The molecule has 2 aromatic heterocycles. The van der Waals surface area contributed by atoms with Crippen molar-refractivity contribution in [3.8, 4) is 11.5 Å². The molecular weight excluding hydrogens is 354 g/mol. The highest BCUT2D eigenvalue weighted by Gasteiger charge is 2.12. The van der Waals surface area contributed by atoms with Crippen molar-refractivity contribution in [2.24, 2.45) is 0 Å². The summed E-state index contributed by atoms with van der Waals surface area (Å²) in [4.78, 5) is 13.3. The number of aromatic nitrogens is 3. The van der Waals surface area contributed by atoms with Crippen LogP contribution in [0.4, 0.5) is 0 Å². The molecule has 0 radical (unpaired) electrons. The number of pyridine rings is 1. The van der Waals surface area contributed by atoms with E-state index in [-0.39, 0.29) is 0 Å². The van der Waals surface area contributed by atoms with Crippen molar-refractivity contribution in [1.82, 2.24) is 15.0 Å². The number of benzene rings is 1. The first-order valence-corrected chi connectivity index (χ1v) is 7.42. The van der Waals surface area contributed by atoms with Crippen LogP contribution in [0.3, 0.4) is 0 Å². The van der Waals surface area contributed by atoms with Crippen LogP contribution >= 0.6 is 27.5 Å². The van der Waals surface area contributed by atoms with Gasteiger partial charge in [-0.15, -0.1) is 0 Å². The third-order valence-electron chi connectivity index (χ3n) is 2.93. The molecule has 0 saturated heterocycles. The maximum absolute atomic E-state index is 6.06. The molecule has 0 atom stereocenters. The maximum Gasteiger partial charge on any atom is 0.181 e. The van der Waals surface area contributed by atoms with Gasteiger partial charge in [0, 0.05) is 17.0 Å². The molecule has 0 bridgehead atoms. The Morgan fingerprint density at radius 1 is 1.14 bits per heavy atom. The molecule has 0 aliphatic heterocycles. The van der Waals surface area contributed by atoms with Gasteiger partial charge in [-0.05, 0) is 34.1 Å². The smallest absolute Gasteiger partial charge is 0.181 e. The van der Waals surface area contributed by atoms with Crippen LogP contribution in [0.2, 0.25) is 5.15 Å². The van der Waals surface area contributed by atoms with E-state index < -0.39 is 0 Å². The van der Waals surface area contributed by atoms with Crippen LogP contribution in [0.25, 0.3) is 22.4 Å². The molecule has 0 amide bonds. The van der Waals surface area contributed by atoms with Crippen LogP contribution in [0, 0.1) is 0 Å². The zero-order chi connectivity index (χ0) is 14.8. The van der Waals surface area contributed by atoms with Gasteiger partial charge in [0.25, 0.3) is 0 Å². The lowest BCUT2D eigenvalue weighted by Crippen LogP contribution is -1.99. The second-order valence-corrected chi connectivity index (χ2v) is 5.69. The van der Waals surface area contributed by atoms with Gasteiger partial charge in [0.15, 0.2) is 5.82 Å². The highest BCUT2D eigenvalue weighted by Crippen LogP contribution is 2.28. The largest absolute Gasteiger partial charge is 0.378 e. The molecule has 4 nitrogen and oxygen atoms in total. The summed E-state index contributed by atoms with van der Waals surface area (Å²) in [7, 11) is 1.61. The molecule has 1 aromatic carbocycles. The van der Waals surface area contributed by atoms with Crippen LogP contribution in [-0.4, -0.2) is 22.1 Å². The van der Waals surface area contributed by atoms with Crippen LogP contribution < -0.4 is 0 Å². The molecule has 0 saturated carbocycles. The Labute approximate surface area is 135 Å². The average Bonchev–Trinajstić information content (AvgIpc) is 2.46. The number of rotatable bonds is 3. The number of para-hydroxylation sites is 1. The number of hydrogen-bond acceptors (Lipinski definition) is 4. The Bertz CT molecular complexity index is 810. The van der Waals surface area contributed by atoms with Crippen molar-refractivity contribution in [3.05, 3.63) is 51.7 Å². The molecule has 21 heavy (non-hydrogen) atoms. The van der Waals surface area contributed by atoms with Crippen molar-refractivity contribution in [2.75, 3.05) is 7.11 Å². The Morgan fingerprint density at radius 2 is 1.95 bits per heavy atom. The summed E-state index contributed by atoms with van der Waals surface area (Å²) in [5.41, 5.74) is 2.26. The third-order valence-corrected chi connectivity index (χ3v) is 3.73. The molecule has 6 heteroatoms. The minimum Gasteiger partial charge on any atom is -0.378 e. The molecule has 0 spiro atoms. The summed E-state index contributed by atoms with van der Waals surface area (Å²) < 4.78 is 5.92. The molecule has 3 rings (SSSR count). The fourth-order valence-corrected chi connectivity index (χ4v) is 2.76. The number of fused-ring (bicyclic) bond motifs is 1. The second kappa shape index (κ2) is 6.05. The zero-order valence-corrected chi connectivity index (χ0v) is 13.5. The van der Waals surface area contributed by atoms with Crippen molar-refractivity contribution < 1.29 is 4.74 Å². The number of ether oxygens (including phenoxy) is 1. The van der Waals surface area contributed by atoms with E-state index in [9.17, 15) is 0 Å². The minimum atomic E-state index is 0.369. The first kappa shape index (κ1) is 14.4. The van der Waals surface area contributed by atoms with Crippen LogP contribution in [0.1, 0.15) is 5.69 Å². The molecular formula is C15H11BrClN3O. The fraction of sp³-hybridized carbons (Fsp3) is 0.133. The summed E-state index contributed by atoms with van der Waals surface area (Å²) in [6, 6.07) is 11.6. The van der Waals surface area contributed by atoms with Gasteiger partial charge in [0.05, 0.1) is 17.8 Å². The number of methoxy groups -OCH3 is 1. The first-order chi connectivity index (χ1) is 10.2. The summed E-state index contributed by atoms with van der Waals surface area (Å²) in [6.07, 6.45) is 0. The van der Waals surface area contributed by atoms with E-state index in [0.717, 1.165) is 15.4 Å². The predicted molar refractivity (Wildman–Crippen MR) is 86.2 cm³/mol. The molecule has 0 N–H and O–H groups in total. The van der Waals surface area contributed by atoms with Gasteiger partial charge >= 0.3 is 0 Å². The second-order valence-electron chi connectivity index (χ2n) is 4.45. The molecule has 3 aromatic rings. The SMILES string of the molecule is COCc1cc(Cl)nc(-c2nc3ccccc3cc2Br)n1. The first-order valence-electron chi connectivity index (χ1n) is 6.25. The van der Waals surface area contributed by atoms with E-state index in [0.29, 0.717) is 29.0 Å². The van der Waals surface area contributed by atoms with E-state index in [1.165, 1.54) is 0 Å². The molecule has 0 unspecified atom stereocenters. The Kier molecular flexibility index (Phi) is 4.14. The van der Waals surface area contributed by atoms with Gasteiger partial charge in [0.2, 0.25) is 0 Å². The predicted octanol–water partition coefficient (Wildman–Crippen LogP) is 4.25. The molecule has 0 fully saturated rings. The van der Waals surface area contributed by atoms with Crippen LogP contribution in [0.5, 0.6) is 0 Å². The summed E-state index contributed by atoms with van der Waals surface area (Å²) in [5.74, 6) is 0.479. The van der Waals surface area contributed by atoms with Gasteiger partial charge in [-0.2, -0.15) is 0 Å². The average molecular weight is 365 g/mol. The normalized spacial score (nSPS) is 11.0. The number of hydrogen-bond donors (Lipinski definition) is 0. The molecule has 0 aliphatic carbocycles. The Balaban J connectivity index is 2.17. The molecule has 2 heterocycles. The van der Waals surface area contributed by atoms with Crippen LogP contribution in [0.15, 0.2) is 40.9 Å². The van der Waals surface area contributed by atoms with Gasteiger partial charge in [-0.3, -0.25) is 0 Å². The summed E-state index contributed by atoms with van der Waals surface area (Å²) in [5, 5.41) is 1.42. The van der Waals surface area contributed by atoms with Gasteiger partial charge in [-0.25, -0.2) is 15.0 Å². The number of nitrogens with zero attached hydrogens (tertiary/aromatic N) is 3. The van der Waals surface area contributed by atoms with E-state index in [2.05, 4.69) is 30.9 Å². The summed E-state index contributed by atoms with van der Waals surface area (Å²) >= 11 is 9.58. The maximum atomic E-state index is 6.06. The van der Waals surface area contributed by atoms with Gasteiger partial charge < -0.3 is 4.74 Å². The van der Waals surface area contributed by atoms with Crippen molar-refractivity contribution >= 4 is 38.4 Å². The monoisotopic (exact) mass is 363 g/mol. The van der Waals surface area contributed by atoms with Crippen LogP contribution in [-0.2, 0) is 11.3 Å². The zero-order valence-electron chi connectivity index (χ0n) is 11.2. The fourth-order valence-electron chi connectivity index (χ4n) is 2.04. The third kappa shape index (κ3) is 3.05. The minimum absolute atomic E-state index is 0.369. The van der Waals surface area contributed by atoms with E-state index >= 15 is 0 Å². The summed E-state index contributed by atoms with van der Waals surface area (Å²) in [6.45, 7) is 0.375. The van der Waals surface area contributed by atoms with E-state index in [4.69, 9.17) is 16.3 Å². The van der Waals surface area contributed by atoms with Crippen molar-refractivity contribution in [1.29, 1.82) is 0 Å². The van der Waals surface area contributed by atoms with E-state index in [1.54, 1.807) is 13.2 Å².